The number of urea groups is 1. The second kappa shape index (κ2) is 9.78. The highest BCUT2D eigenvalue weighted by atomic mass is 35.5. The van der Waals surface area contributed by atoms with Crippen LogP contribution in [-0.2, 0) is 11.3 Å². The van der Waals surface area contributed by atoms with E-state index in [0.717, 1.165) is 44.6 Å². The maximum absolute atomic E-state index is 12.6. The first-order valence-electron chi connectivity index (χ1n) is 9.18. The van der Waals surface area contributed by atoms with Crippen LogP contribution in [0.15, 0.2) is 30.3 Å². The molecule has 2 aliphatic heterocycles. The van der Waals surface area contributed by atoms with Crippen LogP contribution >= 0.6 is 12.4 Å². The Morgan fingerprint density at radius 2 is 1.65 bits per heavy atom. The van der Waals surface area contributed by atoms with Crippen LogP contribution in [0.25, 0.3) is 0 Å². The van der Waals surface area contributed by atoms with E-state index in [-0.39, 0.29) is 30.3 Å². The first kappa shape index (κ1) is 20.5. The minimum atomic E-state index is 0. The molecule has 0 aromatic heterocycles. The monoisotopic (exact) mass is 380 g/mol. The highest BCUT2D eigenvalue weighted by Gasteiger charge is 2.31. The summed E-state index contributed by atoms with van der Waals surface area (Å²) in [4.78, 5) is 30.8. The van der Waals surface area contributed by atoms with E-state index in [4.69, 9.17) is 0 Å². The summed E-state index contributed by atoms with van der Waals surface area (Å²) in [5.41, 5.74) is 1.13. The lowest BCUT2D eigenvalue weighted by Crippen LogP contribution is -2.51. The van der Waals surface area contributed by atoms with Crippen molar-refractivity contribution in [2.24, 2.45) is 5.92 Å². The predicted molar refractivity (Wildman–Crippen MR) is 104 cm³/mol. The zero-order valence-corrected chi connectivity index (χ0v) is 16.2. The molecule has 0 atom stereocenters. The molecule has 0 saturated carbocycles. The van der Waals surface area contributed by atoms with Gasteiger partial charge in [0.2, 0.25) is 5.91 Å². The molecule has 144 valence electrons. The molecule has 2 aliphatic rings. The van der Waals surface area contributed by atoms with Crippen LogP contribution < -0.4 is 5.32 Å². The molecule has 2 heterocycles. The smallest absolute Gasteiger partial charge is 0.320 e. The van der Waals surface area contributed by atoms with Gasteiger partial charge in [0.05, 0.1) is 0 Å². The number of carbonyl (C=O) groups is 2. The Balaban J connectivity index is 0.00000243. The highest BCUT2D eigenvalue weighted by molar-refractivity contribution is 5.85. The van der Waals surface area contributed by atoms with Gasteiger partial charge >= 0.3 is 6.03 Å². The van der Waals surface area contributed by atoms with Crippen LogP contribution in [0.2, 0.25) is 0 Å². The van der Waals surface area contributed by atoms with E-state index in [1.54, 1.807) is 4.90 Å². The third-order valence-corrected chi connectivity index (χ3v) is 5.13. The molecular formula is C19H29ClN4O2. The van der Waals surface area contributed by atoms with E-state index in [0.29, 0.717) is 19.6 Å². The summed E-state index contributed by atoms with van der Waals surface area (Å²) in [7, 11) is 1.84. The lowest BCUT2D eigenvalue weighted by Gasteiger charge is -2.37. The minimum Gasteiger partial charge on any atom is -0.340 e. The zero-order chi connectivity index (χ0) is 17.6. The van der Waals surface area contributed by atoms with Gasteiger partial charge in [-0.3, -0.25) is 4.79 Å². The lowest BCUT2D eigenvalue weighted by molar-refractivity contribution is -0.137. The maximum Gasteiger partial charge on any atom is 0.320 e. The number of piperidine rings is 1. The van der Waals surface area contributed by atoms with E-state index in [1.165, 1.54) is 0 Å². The van der Waals surface area contributed by atoms with Gasteiger partial charge in [0.25, 0.3) is 0 Å². The molecule has 0 bridgehead atoms. The molecule has 1 aromatic rings. The minimum absolute atomic E-state index is 0. The molecule has 6 nitrogen and oxygen atoms in total. The number of rotatable bonds is 3. The van der Waals surface area contributed by atoms with Crippen molar-refractivity contribution in [1.82, 2.24) is 20.0 Å². The Bertz CT molecular complexity index is 584. The summed E-state index contributed by atoms with van der Waals surface area (Å²) >= 11 is 0. The number of piperazine rings is 1. The molecule has 0 unspecified atom stereocenters. The standard InChI is InChI=1S/C19H28N4O2.ClH/c1-21(15-16-5-3-2-4-6-16)19(25)23-11-7-17(8-12-23)18(24)22-13-9-20-10-14-22;/h2-6,17,20H,7-15H2,1H3;1H. The summed E-state index contributed by atoms with van der Waals surface area (Å²) in [6.45, 7) is 5.32. The molecule has 7 heteroatoms. The molecule has 2 saturated heterocycles. The van der Waals surface area contributed by atoms with Crippen LogP contribution in [0.4, 0.5) is 4.79 Å². The van der Waals surface area contributed by atoms with Crippen LogP contribution in [0.1, 0.15) is 18.4 Å². The Morgan fingerprint density at radius 3 is 2.27 bits per heavy atom. The molecule has 26 heavy (non-hydrogen) atoms. The molecule has 0 aliphatic carbocycles. The summed E-state index contributed by atoms with van der Waals surface area (Å²) in [5.74, 6) is 0.341. The lowest BCUT2D eigenvalue weighted by atomic mass is 9.95. The normalized spacial score (nSPS) is 18.2. The summed E-state index contributed by atoms with van der Waals surface area (Å²) in [6.07, 6.45) is 1.54. The molecule has 3 rings (SSSR count). The Kier molecular flexibility index (Phi) is 7.72. The van der Waals surface area contributed by atoms with E-state index in [9.17, 15) is 9.59 Å². The van der Waals surface area contributed by atoms with Gasteiger partial charge in [-0.05, 0) is 18.4 Å². The predicted octanol–water partition coefficient (Wildman–Crippen LogP) is 1.80. The van der Waals surface area contributed by atoms with Gasteiger partial charge < -0.3 is 20.0 Å². The number of nitrogens with zero attached hydrogens (tertiary/aromatic N) is 3. The van der Waals surface area contributed by atoms with E-state index in [1.807, 2.05) is 47.2 Å². The molecular weight excluding hydrogens is 352 g/mol. The molecule has 1 aromatic carbocycles. The number of benzene rings is 1. The Hall–Kier alpha value is -1.79. The van der Waals surface area contributed by atoms with Crippen molar-refractivity contribution < 1.29 is 9.59 Å². The van der Waals surface area contributed by atoms with Gasteiger partial charge in [-0.25, -0.2) is 4.79 Å². The second-order valence-corrected chi connectivity index (χ2v) is 6.96. The quantitative estimate of drug-likeness (QED) is 0.870. The van der Waals surface area contributed by atoms with Gasteiger partial charge in [0, 0.05) is 58.8 Å². The number of amides is 3. The third kappa shape index (κ3) is 5.11. The molecule has 2 fully saturated rings. The van der Waals surface area contributed by atoms with Gasteiger partial charge in [0.1, 0.15) is 0 Å². The summed E-state index contributed by atoms with van der Waals surface area (Å²) < 4.78 is 0. The fourth-order valence-corrected chi connectivity index (χ4v) is 3.63. The molecule has 0 radical (unpaired) electrons. The van der Waals surface area contributed by atoms with E-state index < -0.39 is 0 Å². The number of hydrogen-bond donors (Lipinski definition) is 1. The second-order valence-electron chi connectivity index (χ2n) is 6.96. The van der Waals surface area contributed by atoms with Crippen LogP contribution in [0.3, 0.4) is 0 Å². The van der Waals surface area contributed by atoms with E-state index >= 15 is 0 Å². The number of nitrogens with one attached hydrogen (secondary N) is 1. The van der Waals surface area contributed by atoms with Crippen molar-refractivity contribution >= 4 is 24.3 Å². The number of likely N-dealkylation sites (tertiary alicyclic amines) is 1. The SMILES string of the molecule is CN(Cc1ccccc1)C(=O)N1CCC(C(=O)N2CCNCC2)CC1.Cl. The van der Waals surface area contributed by atoms with Crippen molar-refractivity contribution in [3.8, 4) is 0 Å². The summed E-state index contributed by atoms with van der Waals surface area (Å²) in [6, 6.07) is 10.1. The van der Waals surface area contributed by atoms with Crippen molar-refractivity contribution in [1.29, 1.82) is 0 Å². The van der Waals surface area contributed by atoms with E-state index in [2.05, 4.69) is 5.32 Å². The van der Waals surface area contributed by atoms with Crippen molar-refractivity contribution in [3.05, 3.63) is 35.9 Å². The van der Waals surface area contributed by atoms with Gasteiger partial charge in [-0.2, -0.15) is 0 Å². The van der Waals surface area contributed by atoms with Crippen LogP contribution in [0, 0.1) is 5.92 Å². The fourth-order valence-electron chi connectivity index (χ4n) is 3.63. The zero-order valence-electron chi connectivity index (χ0n) is 15.4. The molecule has 0 spiro atoms. The first-order valence-corrected chi connectivity index (χ1v) is 9.18. The van der Waals surface area contributed by atoms with Gasteiger partial charge in [0.15, 0.2) is 0 Å². The third-order valence-electron chi connectivity index (χ3n) is 5.13. The number of carbonyl (C=O) groups excluding carboxylic acids is 2. The van der Waals surface area contributed by atoms with Gasteiger partial charge in [-0.1, -0.05) is 30.3 Å². The topological polar surface area (TPSA) is 55.9 Å². The van der Waals surface area contributed by atoms with Crippen LogP contribution in [-0.4, -0.2) is 73.0 Å². The average Bonchev–Trinajstić information content (AvgIpc) is 2.68. The Labute approximate surface area is 161 Å². The molecule has 3 amide bonds. The first-order chi connectivity index (χ1) is 12.1. The maximum atomic E-state index is 12.6. The Morgan fingerprint density at radius 1 is 1.04 bits per heavy atom. The average molecular weight is 381 g/mol. The van der Waals surface area contributed by atoms with Crippen LogP contribution in [0.5, 0.6) is 0 Å². The van der Waals surface area contributed by atoms with Crippen molar-refractivity contribution in [2.75, 3.05) is 46.3 Å². The van der Waals surface area contributed by atoms with Crippen molar-refractivity contribution in [3.63, 3.8) is 0 Å². The highest BCUT2D eigenvalue weighted by Crippen LogP contribution is 2.21. The van der Waals surface area contributed by atoms with Gasteiger partial charge in [-0.15, -0.1) is 12.4 Å². The number of halogens is 1. The summed E-state index contributed by atoms with van der Waals surface area (Å²) in [5, 5.41) is 3.27. The largest absolute Gasteiger partial charge is 0.340 e. The fraction of sp³-hybridized carbons (Fsp3) is 0.579. The number of hydrogen-bond acceptors (Lipinski definition) is 3. The van der Waals surface area contributed by atoms with Crippen molar-refractivity contribution in [2.45, 2.75) is 19.4 Å². The molecule has 1 N–H and O–H groups in total.